The van der Waals surface area contributed by atoms with Crippen LogP contribution in [0.1, 0.15) is 6.92 Å². The lowest BCUT2D eigenvalue weighted by atomic mass is 10.3. The third-order valence-electron chi connectivity index (χ3n) is 1.14. The number of carbonyl (C=O) groups excluding carboxylic acids is 1. The molecule has 0 saturated heterocycles. The largest absolute Gasteiger partial charge is 0.394 e. The van der Waals surface area contributed by atoms with Crippen LogP contribution in [0.2, 0.25) is 0 Å². The molecule has 3 N–H and O–H groups in total. The molecule has 4 nitrogen and oxygen atoms in total. The van der Waals surface area contributed by atoms with Crippen LogP contribution in [0.5, 0.6) is 0 Å². The van der Waals surface area contributed by atoms with Crippen LogP contribution in [0.4, 0.5) is 4.79 Å². The van der Waals surface area contributed by atoms with Gasteiger partial charge in [0.25, 0.3) is 0 Å². The average Bonchev–Trinajstić information content (AvgIpc) is 2.01. The summed E-state index contributed by atoms with van der Waals surface area (Å²) in [6.07, 6.45) is 1.48. The molecule has 1 unspecified atom stereocenters. The monoisotopic (exact) mass is 158 g/mol. The summed E-state index contributed by atoms with van der Waals surface area (Å²) in [5, 5.41) is 13.7. The summed E-state index contributed by atoms with van der Waals surface area (Å²) < 4.78 is 0. The van der Waals surface area contributed by atoms with Gasteiger partial charge in [0.15, 0.2) is 0 Å². The Morgan fingerprint density at radius 3 is 2.82 bits per heavy atom. The van der Waals surface area contributed by atoms with Crippen LogP contribution in [0.25, 0.3) is 0 Å². The fourth-order valence-electron chi connectivity index (χ4n) is 0.559. The second kappa shape index (κ2) is 5.73. The van der Waals surface area contributed by atoms with Crippen LogP contribution >= 0.6 is 0 Å². The van der Waals surface area contributed by atoms with Gasteiger partial charge in [-0.1, -0.05) is 6.08 Å². The first-order valence-corrected chi connectivity index (χ1v) is 3.52. The van der Waals surface area contributed by atoms with E-state index in [1.807, 2.05) is 6.92 Å². The fourth-order valence-corrected chi connectivity index (χ4v) is 0.559. The number of aliphatic hydroxyl groups excluding tert-OH is 1. The average molecular weight is 158 g/mol. The van der Waals surface area contributed by atoms with Gasteiger partial charge in [-0.2, -0.15) is 0 Å². The molecule has 0 fully saturated rings. The summed E-state index contributed by atoms with van der Waals surface area (Å²) in [6, 6.07) is -0.645. The van der Waals surface area contributed by atoms with Crippen molar-refractivity contribution < 1.29 is 9.90 Å². The van der Waals surface area contributed by atoms with Crippen molar-refractivity contribution >= 4 is 6.03 Å². The summed E-state index contributed by atoms with van der Waals surface area (Å²) >= 11 is 0. The van der Waals surface area contributed by atoms with Gasteiger partial charge < -0.3 is 15.7 Å². The molecule has 4 heteroatoms. The Morgan fingerprint density at radius 1 is 1.82 bits per heavy atom. The van der Waals surface area contributed by atoms with E-state index in [1.54, 1.807) is 0 Å². The highest BCUT2D eigenvalue weighted by molar-refractivity contribution is 5.74. The van der Waals surface area contributed by atoms with Gasteiger partial charge in [-0.3, -0.25) is 0 Å². The van der Waals surface area contributed by atoms with E-state index in [4.69, 9.17) is 5.11 Å². The molecule has 0 aromatic rings. The zero-order chi connectivity index (χ0) is 8.69. The van der Waals surface area contributed by atoms with Crippen LogP contribution in [-0.4, -0.2) is 30.3 Å². The van der Waals surface area contributed by atoms with Crippen molar-refractivity contribution in [1.82, 2.24) is 10.6 Å². The maximum atomic E-state index is 10.8. The number of rotatable bonds is 4. The lowest BCUT2D eigenvalue weighted by Crippen LogP contribution is -2.42. The summed E-state index contributed by atoms with van der Waals surface area (Å²) in [5.74, 6) is 0. The highest BCUT2D eigenvalue weighted by Gasteiger charge is 2.04. The van der Waals surface area contributed by atoms with Crippen LogP contribution in [0.3, 0.4) is 0 Å². The van der Waals surface area contributed by atoms with Crippen molar-refractivity contribution in [3.8, 4) is 0 Å². The van der Waals surface area contributed by atoms with Crippen LogP contribution in [-0.2, 0) is 0 Å². The molecular weight excluding hydrogens is 144 g/mol. The number of amides is 2. The topological polar surface area (TPSA) is 61.4 Å². The van der Waals surface area contributed by atoms with Crippen molar-refractivity contribution in [2.75, 3.05) is 13.2 Å². The molecule has 0 bridgehead atoms. The summed E-state index contributed by atoms with van der Waals surface area (Å²) in [5.41, 5.74) is 0. The second-order valence-electron chi connectivity index (χ2n) is 2.03. The first-order chi connectivity index (χ1) is 5.24. The molecule has 2 amide bonds. The molecule has 0 heterocycles. The van der Waals surface area contributed by atoms with Gasteiger partial charge in [0.2, 0.25) is 0 Å². The number of nitrogens with one attached hydrogen (secondary N) is 2. The molecule has 64 valence electrons. The van der Waals surface area contributed by atoms with Crippen molar-refractivity contribution in [3.05, 3.63) is 12.7 Å². The molecule has 0 radical (unpaired) electrons. The molecule has 0 aliphatic rings. The predicted molar refractivity (Wildman–Crippen MR) is 43.3 cm³/mol. The highest BCUT2D eigenvalue weighted by Crippen LogP contribution is 1.81. The van der Waals surface area contributed by atoms with Gasteiger partial charge in [-0.15, -0.1) is 6.58 Å². The summed E-state index contributed by atoms with van der Waals surface area (Å²) in [4.78, 5) is 10.8. The zero-order valence-corrected chi connectivity index (χ0v) is 6.63. The van der Waals surface area contributed by atoms with E-state index < -0.39 is 0 Å². The number of urea groups is 1. The van der Waals surface area contributed by atoms with E-state index in [0.717, 1.165) is 0 Å². The summed E-state index contributed by atoms with van der Waals surface area (Å²) in [6.45, 7) is 5.71. The van der Waals surface area contributed by atoms with E-state index >= 15 is 0 Å². The lowest BCUT2D eigenvalue weighted by molar-refractivity contribution is 0.226. The molecule has 0 rings (SSSR count). The van der Waals surface area contributed by atoms with Crippen LogP contribution in [0, 0.1) is 0 Å². The Labute approximate surface area is 66.3 Å². The predicted octanol–water partition coefficient (Wildman–Crippen LogP) is -0.148. The molecule has 0 aromatic carbocycles. The third kappa shape index (κ3) is 4.38. The minimum Gasteiger partial charge on any atom is -0.394 e. The number of hydrogen-bond donors (Lipinski definition) is 3. The second-order valence-corrected chi connectivity index (χ2v) is 2.03. The number of aliphatic hydroxyl groups is 1. The Morgan fingerprint density at radius 2 is 2.45 bits per heavy atom. The van der Waals surface area contributed by atoms with Crippen molar-refractivity contribution in [2.45, 2.75) is 13.0 Å². The first-order valence-electron chi connectivity index (χ1n) is 3.52. The number of hydrogen-bond acceptors (Lipinski definition) is 2. The zero-order valence-electron chi connectivity index (χ0n) is 6.63. The molecule has 1 atom stereocenters. The minimum atomic E-state index is -0.360. The Balaban J connectivity index is 3.62. The van der Waals surface area contributed by atoms with Crippen LogP contribution < -0.4 is 10.6 Å². The van der Waals surface area contributed by atoms with Gasteiger partial charge in [0.05, 0.1) is 12.6 Å². The van der Waals surface area contributed by atoms with Crippen molar-refractivity contribution in [2.24, 2.45) is 0 Å². The quantitative estimate of drug-likeness (QED) is 0.498. The maximum Gasteiger partial charge on any atom is 0.315 e. The molecule has 11 heavy (non-hydrogen) atoms. The number of carbonyl (C=O) groups is 1. The third-order valence-corrected chi connectivity index (χ3v) is 1.14. The van der Waals surface area contributed by atoms with E-state index in [0.29, 0.717) is 6.54 Å². The molecule has 0 spiro atoms. The Bertz CT molecular complexity index is 136. The fraction of sp³-hybridized carbons (Fsp3) is 0.571. The van der Waals surface area contributed by atoms with Gasteiger partial charge in [-0.05, 0) is 6.92 Å². The first kappa shape index (κ1) is 9.97. The van der Waals surface area contributed by atoms with Gasteiger partial charge in [0.1, 0.15) is 0 Å². The normalized spacial score (nSPS) is 11.8. The smallest absolute Gasteiger partial charge is 0.315 e. The highest BCUT2D eigenvalue weighted by atomic mass is 16.3. The minimum absolute atomic E-state index is 0.124. The molecule has 0 aromatic heterocycles. The maximum absolute atomic E-state index is 10.8. The molecule has 0 aliphatic heterocycles. The van der Waals surface area contributed by atoms with Crippen LogP contribution in [0.15, 0.2) is 12.7 Å². The Kier molecular flexibility index (Phi) is 5.20. The summed E-state index contributed by atoms with van der Waals surface area (Å²) in [7, 11) is 0. The van der Waals surface area contributed by atoms with Gasteiger partial charge >= 0.3 is 6.03 Å². The molecule has 0 saturated carbocycles. The Hall–Kier alpha value is -1.03. The van der Waals surface area contributed by atoms with Gasteiger partial charge in [0, 0.05) is 6.54 Å². The van der Waals surface area contributed by atoms with E-state index in [2.05, 4.69) is 17.2 Å². The van der Waals surface area contributed by atoms with Gasteiger partial charge in [-0.25, -0.2) is 4.79 Å². The standard InChI is InChI=1S/C7H14N2O2/c1-3-6(5-10)9-7(11)8-4-2/h3,6,10H,1,4-5H2,2H3,(H2,8,9,11). The van der Waals surface area contributed by atoms with Crippen molar-refractivity contribution in [3.63, 3.8) is 0 Å². The molecule has 0 aliphatic carbocycles. The van der Waals surface area contributed by atoms with E-state index in [1.165, 1.54) is 6.08 Å². The van der Waals surface area contributed by atoms with E-state index in [-0.39, 0.29) is 18.7 Å². The molecular formula is C7H14N2O2. The van der Waals surface area contributed by atoms with E-state index in [9.17, 15) is 4.79 Å². The lowest BCUT2D eigenvalue weighted by Gasteiger charge is -2.11. The van der Waals surface area contributed by atoms with Crippen molar-refractivity contribution in [1.29, 1.82) is 0 Å². The SMILES string of the molecule is C=CC(CO)NC(=O)NCC.